The van der Waals surface area contributed by atoms with Crippen molar-refractivity contribution in [2.24, 2.45) is 5.92 Å². The van der Waals surface area contributed by atoms with E-state index in [-0.39, 0.29) is 5.91 Å². The van der Waals surface area contributed by atoms with Crippen molar-refractivity contribution in [3.63, 3.8) is 0 Å². The van der Waals surface area contributed by atoms with Gasteiger partial charge in [0.25, 0.3) is 5.91 Å². The minimum atomic E-state index is 0.0234. The topological polar surface area (TPSA) is 29.1 Å². The highest BCUT2D eigenvalue weighted by Crippen LogP contribution is 2.04. The fourth-order valence-electron chi connectivity index (χ4n) is 1.22. The Kier molecular flexibility index (Phi) is 13.8. The molecule has 1 unspecified atom stereocenters. The average Bonchev–Trinajstić information content (AvgIpc) is 2.49. The lowest BCUT2D eigenvalue weighted by molar-refractivity contribution is 0.0948. The Morgan fingerprint density at radius 2 is 1.58 bits per heavy atom. The highest BCUT2D eigenvalue weighted by atomic mass is 16.1. The van der Waals surface area contributed by atoms with E-state index in [2.05, 4.69) is 19.2 Å². The van der Waals surface area contributed by atoms with E-state index in [1.165, 1.54) is 5.56 Å². The summed E-state index contributed by atoms with van der Waals surface area (Å²) in [5.74, 6) is 0.565. The average molecular weight is 265 g/mol. The van der Waals surface area contributed by atoms with Gasteiger partial charge < -0.3 is 5.32 Å². The van der Waals surface area contributed by atoms with Crippen LogP contribution in [0.5, 0.6) is 0 Å². The van der Waals surface area contributed by atoms with Crippen molar-refractivity contribution in [2.45, 2.75) is 54.9 Å². The summed E-state index contributed by atoms with van der Waals surface area (Å²) < 4.78 is 0. The van der Waals surface area contributed by atoms with Crippen molar-refractivity contribution in [1.82, 2.24) is 5.32 Å². The van der Waals surface area contributed by atoms with E-state index in [0.717, 1.165) is 18.5 Å². The Morgan fingerprint density at radius 3 is 2.00 bits per heavy atom. The van der Waals surface area contributed by atoms with Gasteiger partial charge in [0.05, 0.1) is 0 Å². The van der Waals surface area contributed by atoms with Crippen LogP contribution in [0, 0.1) is 12.8 Å². The number of amides is 1. The van der Waals surface area contributed by atoms with Gasteiger partial charge in [-0.2, -0.15) is 0 Å². The molecule has 1 aromatic rings. The molecule has 0 aliphatic carbocycles. The van der Waals surface area contributed by atoms with Crippen molar-refractivity contribution in [3.05, 3.63) is 35.4 Å². The monoisotopic (exact) mass is 265 g/mol. The van der Waals surface area contributed by atoms with E-state index in [0.29, 0.717) is 5.92 Å². The zero-order chi connectivity index (χ0) is 15.3. The molecule has 0 saturated carbocycles. The Labute approximate surface area is 119 Å². The van der Waals surface area contributed by atoms with Crippen LogP contribution in [0.1, 0.15) is 63.9 Å². The highest BCUT2D eigenvalue weighted by Gasteiger charge is 2.05. The summed E-state index contributed by atoms with van der Waals surface area (Å²) in [4.78, 5) is 11.7. The van der Waals surface area contributed by atoms with Crippen LogP contribution in [0.3, 0.4) is 0 Å². The first-order valence-electron chi connectivity index (χ1n) is 7.48. The van der Waals surface area contributed by atoms with Crippen LogP contribution >= 0.6 is 0 Å². The predicted octanol–water partition coefficient (Wildman–Crippen LogP) is 4.82. The SMILES string of the molecule is CC.CC.CCC(C)CNC(=O)c1ccc(C)cc1. The molecule has 1 atom stereocenters. The van der Waals surface area contributed by atoms with Gasteiger partial charge in [0.15, 0.2) is 0 Å². The fraction of sp³-hybridized carbons (Fsp3) is 0.588. The van der Waals surface area contributed by atoms with Crippen LogP contribution in [-0.4, -0.2) is 12.5 Å². The lowest BCUT2D eigenvalue weighted by Crippen LogP contribution is -2.27. The molecule has 0 aromatic heterocycles. The maximum Gasteiger partial charge on any atom is 0.251 e. The lowest BCUT2D eigenvalue weighted by Gasteiger charge is -2.10. The zero-order valence-electron chi connectivity index (χ0n) is 13.7. The molecule has 2 heteroatoms. The smallest absolute Gasteiger partial charge is 0.251 e. The molecule has 0 aliphatic rings. The van der Waals surface area contributed by atoms with Gasteiger partial charge in [-0.3, -0.25) is 4.79 Å². The third-order valence-corrected chi connectivity index (χ3v) is 2.62. The van der Waals surface area contributed by atoms with Crippen molar-refractivity contribution >= 4 is 5.91 Å². The summed E-state index contributed by atoms with van der Waals surface area (Å²) in [5.41, 5.74) is 1.91. The normalized spacial score (nSPS) is 10.3. The van der Waals surface area contributed by atoms with E-state index < -0.39 is 0 Å². The van der Waals surface area contributed by atoms with Crippen LogP contribution in [0.4, 0.5) is 0 Å². The minimum Gasteiger partial charge on any atom is -0.352 e. The Hall–Kier alpha value is -1.31. The van der Waals surface area contributed by atoms with Crippen LogP contribution < -0.4 is 5.32 Å². The largest absolute Gasteiger partial charge is 0.352 e. The first kappa shape index (κ1) is 20.0. The van der Waals surface area contributed by atoms with Gasteiger partial charge in [-0.05, 0) is 25.0 Å². The number of carbonyl (C=O) groups excluding carboxylic acids is 1. The lowest BCUT2D eigenvalue weighted by atomic mass is 10.1. The van der Waals surface area contributed by atoms with Gasteiger partial charge in [0.2, 0.25) is 0 Å². The molecule has 0 spiro atoms. The molecule has 0 heterocycles. The molecular weight excluding hydrogens is 234 g/mol. The van der Waals surface area contributed by atoms with Crippen molar-refractivity contribution in [2.75, 3.05) is 6.54 Å². The molecule has 1 N–H and O–H groups in total. The van der Waals surface area contributed by atoms with Gasteiger partial charge in [0.1, 0.15) is 0 Å². The summed E-state index contributed by atoms with van der Waals surface area (Å²) >= 11 is 0. The Bertz CT molecular complexity index is 317. The molecule has 0 saturated heterocycles. The van der Waals surface area contributed by atoms with Crippen LogP contribution in [0.2, 0.25) is 0 Å². The predicted molar refractivity (Wildman–Crippen MR) is 85.7 cm³/mol. The minimum absolute atomic E-state index is 0.0234. The molecule has 0 aliphatic heterocycles. The van der Waals surface area contributed by atoms with Crippen LogP contribution in [0.15, 0.2) is 24.3 Å². The molecule has 0 bridgehead atoms. The second-order valence-electron chi connectivity index (χ2n) is 4.09. The quantitative estimate of drug-likeness (QED) is 0.830. The molecule has 2 nitrogen and oxygen atoms in total. The van der Waals surface area contributed by atoms with Crippen molar-refractivity contribution in [3.8, 4) is 0 Å². The number of hydrogen-bond donors (Lipinski definition) is 1. The number of rotatable bonds is 4. The Balaban J connectivity index is 0. The molecule has 110 valence electrons. The first-order valence-corrected chi connectivity index (χ1v) is 7.48. The van der Waals surface area contributed by atoms with E-state index >= 15 is 0 Å². The van der Waals surface area contributed by atoms with Crippen molar-refractivity contribution < 1.29 is 4.79 Å². The van der Waals surface area contributed by atoms with Gasteiger partial charge in [0, 0.05) is 12.1 Å². The van der Waals surface area contributed by atoms with E-state index in [4.69, 9.17) is 0 Å². The van der Waals surface area contributed by atoms with E-state index in [1.807, 2.05) is 58.9 Å². The summed E-state index contributed by atoms with van der Waals surface area (Å²) in [5, 5.41) is 2.93. The third kappa shape index (κ3) is 9.29. The van der Waals surface area contributed by atoms with E-state index in [1.54, 1.807) is 0 Å². The fourth-order valence-corrected chi connectivity index (χ4v) is 1.22. The first-order chi connectivity index (χ1) is 9.13. The second kappa shape index (κ2) is 13.1. The number of hydrogen-bond acceptors (Lipinski definition) is 1. The standard InChI is InChI=1S/C13H19NO.2C2H6/c1-4-10(2)9-14-13(15)12-7-5-11(3)6-8-12;2*1-2/h5-8,10H,4,9H2,1-3H3,(H,14,15);2*1-2H3. The molecule has 1 amide bonds. The molecule has 0 fully saturated rings. The zero-order valence-corrected chi connectivity index (χ0v) is 13.7. The number of aryl methyl sites for hydroxylation is 1. The van der Waals surface area contributed by atoms with Crippen LogP contribution in [0.25, 0.3) is 0 Å². The highest BCUT2D eigenvalue weighted by molar-refractivity contribution is 5.94. The number of nitrogens with one attached hydrogen (secondary N) is 1. The molecule has 0 radical (unpaired) electrons. The third-order valence-electron chi connectivity index (χ3n) is 2.62. The summed E-state index contributed by atoms with van der Waals surface area (Å²) in [7, 11) is 0. The van der Waals surface area contributed by atoms with Crippen molar-refractivity contribution in [1.29, 1.82) is 0 Å². The summed E-state index contributed by atoms with van der Waals surface area (Å²) in [6.07, 6.45) is 1.09. The summed E-state index contributed by atoms with van der Waals surface area (Å²) in [6, 6.07) is 7.64. The molecular formula is C17H31NO. The van der Waals surface area contributed by atoms with Crippen LogP contribution in [-0.2, 0) is 0 Å². The maximum absolute atomic E-state index is 11.7. The second-order valence-corrected chi connectivity index (χ2v) is 4.09. The molecule has 1 aromatic carbocycles. The van der Waals surface area contributed by atoms with Gasteiger partial charge >= 0.3 is 0 Å². The molecule has 19 heavy (non-hydrogen) atoms. The van der Waals surface area contributed by atoms with Gasteiger partial charge in [-0.1, -0.05) is 65.7 Å². The maximum atomic E-state index is 11.7. The Morgan fingerprint density at radius 1 is 1.11 bits per heavy atom. The number of carbonyl (C=O) groups is 1. The van der Waals surface area contributed by atoms with E-state index in [9.17, 15) is 4.79 Å². The van der Waals surface area contributed by atoms with Gasteiger partial charge in [-0.25, -0.2) is 0 Å². The van der Waals surface area contributed by atoms with Gasteiger partial charge in [-0.15, -0.1) is 0 Å². The summed E-state index contributed by atoms with van der Waals surface area (Å²) in [6.45, 7) is 15.0. The molecule has 1 rings (SSSR count). The number of benzene rings is 1.